The summed E-state index contributed by atoms with van der Waals surface area (Å²) in [5.74, 6) is 1.55. The van der Waals surface area contributed by atoms with Crippen LogP contribution < -0.4 is 14.2 Å². The van der Waals surface area contributed by atoms with Crippen molar-refractivity contribution < 1.29 is 22.6 Å². The average molecular weight is 351 g/mol. The number of rotatable bonds is 8. The van der Waals surface area contributed by atoms with Gasteiger partial charge in [0.25, 0.3) is 0 Å². The van der Waals surface area contributed by atoms with Gasteiger partial charge in [-0.15, -0.1) is 0 Å². The van der Waals surface area contributed by atoms with Crippen molar-refractivity contribution in [3.8, 4) is 17.2 Å². The lowest BCUT2D eigenvalue weighted by atomic mass is 10.3. The summed E-state index contributed by atoms with van der Waals surface area (Å²) in [6.45, 7) is 0.485. The Morgan fingerprint density at radius 3 is 2.25 bits per heavy atom. The van der Waals surface area contributed by atoms with Crippen LogP contribution in [-0.4, -0.2) is 47.1 Å². The monoisotopic (exact) mass is 351 g/mol. The first-order valence-electron chi connectivity index (χ1n) is 7.35. The van der Waals surface area contributed by atoms with Gasteiger partial charge in [0.15, 0.2) is 11.5 Å². The molecule has 0 unspecified atom stereocenters. The fourth-order valence-corrected chi connectivity index (χ4v) is 3.26. The van der Waals surface area contributed by atoms with Gasteiger partial charge in [-0.25, -0.2) is 8.42 Å². The quantitative estimate of drug-likeness (QED) is 0.731. The number of benzene rings is 2. The highest BCUT2D eigenvalue weighted by Crippen LogP contribution is 2.30. The van der Waals surface area contributed by atoms with E-state index in [4.69, 9.17) is 14.2 Å². The van der Waals surface area contributed by atoms with Gasteiger partial charge in [-0.1, -0.05) is 18.2 Å². The minimum Gasteiger partial charge on any atom is -0.493 e. The van der Waals surface area contributed by atoms with Gasteiger partial charge in [-0.2, -0.15) is 4.31 Å². The summed E-state index contributed by atoms with van der Waals surface area (Å²) in [5, 5.41) is 0. The highest BCUT2D eigenvalue weighted by Gasteiger charge is 2.22. The standard InChI is InChI=1S/C17H21NO5S/c1-18(11-12-23-14-7-5-4-6-8-14)24(19,20)15-9-10-16(21-2)17(13-15)22-3/h4-10,13H,11-12H2,1-3H3. The van der Waals surface area contributed by atoms with Crippen molar-refractivity contribution >= 4 is 10.0 Å². The van der Waals surface area contributed by atoms with E-state index >= 15 is 0 Å². The van der Waals surface area contributed by atoms with Crippen molar-refractivity contribution in [1.82, 2.24) is 4.31 Å². The smallest absolute Gasteiger partial charge is 0.243 e. The van der Waals surface area contributed by atoms with Crippen LogP contribution in [-0.2, 0) is 10.0 Å². The van der Waals surface area contributed by atoms with Gasteiger partial charge in [0.2, 0.25) is 10.0 Å². The molecule has 0 heterocycles. The molecule has 130 valence electrons. The molecule has 2 rings (SSSR count). The molecule has 0 spiro atoms. The number of nitrogens with zero attached hydrogens (tertiary/aromatic N) is 1. The van der Waals surface area contributed by atoms with Gasteiger partial charge in [0.05, 0.1) is 19.1 Å². The van der Waals surface area contributed by atoms with Crippen molar-refractivity contribution in [3.05, 3.63) is 48.5 Å². The Bertz CT molecular complexity index is 762. The summed E-state index contributed by atoms with van der Waals surface area (Å²) < 4.78 is 42.3. The van der Waals surface area contributed by atoms with E-state index in [9.17, 15) is 8.42 Å². The molecular weight excluding hydrogens is 330 g/mol. The van der Waals surface area contributed by atoms with Gasteiger partial charge in [-0.05, 0) is 24.3 Å². The Morgan fingerprint density at radius 2 is 1.62 bits per heavy atom. The number of para-hydroxylation sites is 1. The van der Waals surface area contributed by atoms with Crippen LogP contribution in [0.25, 0.3) is 0 Å². The minimum absolute atomic E-state index is 0.141. The molecule has 0 saturated carbocycles. The summed E-state index contributed by atoms with van der Waals surface area (Å²) in [6, 6.07) is 13.8. The van der Waals surface area contributed by atoms with E-state index in [0.717, 1.165) is 0 Å². The van der Waals surface area contributed by atoms with Crippen LogP contribution in [0.4, 0.5) is 0 Å². The van der Waals surface area contributed by atoms with Crippen molar-refractivity contribution in [2.24, 2.45) is 0 Å². The van der Waals surface area contributed by atoms with E-state index in [0.29, 0.717) is 17.2 Å². The molecule has 0 aliphatic rings. The fourth-order valence-electron chi connectivity index (χ4n) is 2.09. The summed E-state index contributed by atoms with van der Waals surface area (Å²) >= 11 is 0. The van der Waals surface area contributed by atoms with Crippen molar-refractivity contribution in [2.45, 2.75) is 4.90 Å². The number of sulfonamides is 1. The van der Waals surface area contributed by atoms with Crippen LogP contribution in [0.5, 0.6) is 17.2 Å². The molecule has 0 amide bonds. The molecule has 0 saturated heterocycles. The normalized spacial score (nSPS) is 11.3. The Kier molecular flexibility index (Phi) is 6.05. The lowest BCUT2D eigenvalue weighted by Gasteiger charge is -2.18. The zero-order valence-electron chi connectivity index (χ0n) is 13.9. The molecule has 6 nitrogen and oxygen atoms in total. The molecule has 0 fully saturated rings. The van der Waals surface area contributed by atoms with E-state index in [1.807, 2.05) is 30.3 Å². The predicted molar refractivity (Wildman–Crippen MR) is 91.3 cm³/mol. The van der Waals surface area contributed by atoms with Crippen LogP contribution in [0.15, 0.2) is 53.4 Å². The number of hydrogen-bond donors (Lipinski definition) is 0. The minimum atomic E-state index is -3.63. The number of methoxy groups -OCH3 is 2. The highest BCUT2D eigenvalue weighted by molar-refractivity contribution is 7.89. The molecule has 0 aromatic heterocycles. The van der Waals surface area contributed by atoms with E-state index in [-0.39, 0.29) is 18.0 Å². The maximum Gasteiger partial charge on any atom is 0.243 e. The second-order valence-electron chi connectivity index (χ2n) is 5.00. The second-order valence-corrected chi connectivity index (χ2v) is 7.05. The molecule has 0 aliphatic carbocycles. The number of likely N-dealkylation sites (N-methyl/N-ethyl adjacent to an activating group) is 1. The summed E-state index contributed by atoms with van der Waals surface area (Å²) in [4.78, 5) is 0.141. The maximum atomic E-state index is 12.6. The first-order valence-corrected chi connectivity index (χ1v) is 8.79. The van der Waals surface area contributed by atoms with Crippen LogP contribution >= 0.6 is 0 Å². The summed E-state index contributed by atoms with van der Waals surface area (Å²) in [6.07, 6.45) is 0. The zero-order valence-corrected chi connectivity index (χ0v) is 14.7. The topological polar surface area (TPSA) is 65.1 Å². The fraction of sp³-hybridized carbons (Fsp3) is 0.294. The van der Waals surface area contributed by atoms with Crippen LogP contribution in [0.1, 0.15) is 0 Å². The van der Waals surface area contributed by atoms with E-state index in [1.165, 1.54) is 37.7 Å². The Morgan fingerprint density at radius 1 is 0.958 bits per heavy atom. The lowest BCUT2D eigenvalue weighted by Crippen LogP contribution is -2.31. The molecule has 0 atom stereocenters. The molecule has 24 heavy (non-hydrogen) atoms. The van der Waals surface area contributed by atoms with Gasteiger partial charge >= 0.3 is 0 Å². The molecule has 0 N–H and O–H groups in total. The maximum absolute atomic E-state index is 12.6. The van der Waals surface area contributed by atoms with Gasteiger partial charge in [0.1, 0.15) is 12.4 Å². The van der Waals surface area contributed by atoms with Crippen molar-refractivity contribution in [1.29, 1.82) is 0 Å². The SMILES string of the molecule is COc1ccc(S(=O)(=O)N(C)CCOc2ccccc2)cc1OC. The first-order chi connectivity index (χ1) is 11.5. The number of hydrogen-bond acceptors (Lipinski definition) is 5. The molecular formula is C17H21NO5S. The van der Waals surface area contributed by atoms with Gasteiger partial charge in [-0.3, -0.25) is 0 Å². The van der Waals surface area contributed by atoms with E-state index in [1.54, 1.807) is 6.07 Å². The summed E-state index contributed by atoms with van der Waals surface area (Å²) in [5.41, 5.74) is 0. The molecule has 2 aromatic carbocycles. The Hall–Kier alpha value is -2.25. The zero-order chi connectivity index (χ0) is 17.6. The van der Waals surface area contributed by atoms with Crippen LogP contribution in [0.2, 0.25) is 0 Å². The Labute approximate surface area is 142 Å². The largest absolute Gasteiger partial charge is 0.493 e. The lowest BCUT2D eigenvalue weighted by molar-refractivity contribution is 0.287. The highest BCUT2D eigenvalue weighted by atomic mass is 32.2. The van der Waals surface area contributed by atoms with Crippen molar-refractivity contribution in [2.75, 3.05) is 34.4 Å². The third kappa shape index (κ3) is 4.18. The average Bonchev–Trinajstić information content (AvgIpc) is 2.61. The van der Waals surface area contributed by atoms with Crippen LogP contribution in [0, 0.1) is 0 Å². The van der Waals surface area contributed by atoms with Gasteiger partial charge in [0, 0.05) is 19.7 Å². The molecule has 0 radical (unpaired) electrons. The molecule has 0 bridgehead atoms. The third-order valence-corrected chi connectivity index (χ3v) is 5.33. The van der Waals surface area contributed by atoms with E-state index in [2.05, 4.69) is 0 Å². The van der Waals surface area contributed by atoms with Crippen LogP contribution in [0.3, 0.4) is 0 Å². The molecule has 2 aromatic rings. The molecule has 0 aliphatic heterocycles. The molecule has 7 heteroatoms. The number of ether oxygens (including phenoxy) is 3. The second kappa shape index (κ2) is 8.03. The Balaban J connectivity index is 2.06. The van der Waals surface area contributed by atoms with Gasteiger partial charge < -0.3 is 14.2 Å². The third-order valence-electron chi connectivity index (χ3n) is 3.48. The first kappa shape index (κ1) is 18.1. The summed E-state index contributed by atoms with van der Waals surface area (Å²) in [7, 11) is 0.844. The predicted octanol–water partition coefficient (Wildman–Crippen LogP) is 2.40. The van der Waals surface area contributed by atoms with Crippen molar-refractivity contribution in [3.63, 3.8) is 0 Å². The van der Waals surface area contributed by atoms with E-state index < -0.39 is 10.0 Å².